The Hall–Kier alpha value is -2.08. The van der Waals surface area contributed by atoms with E-state index in [0.717, 1.165) is 11.3 Å². The molecular formula is C13H19N3O3. The summed E-state index contributed by atoms with van der Waals surface area (Å²) in [5, 5.41) is 7.69. The molecule has 0 saturated heterocycles. The van der Waals surface area contributed by atoms with Gasteiger partial charge in [-0.3, -0.25) is 10.1 Å². The number of amides is 3. The molecule has 0 radical (unpaired) electrons. The van der Waals surface area contributed by atoms with Crippen molar-refractivity contribution in [2.45, 2.75) is 6.92 Å². The molecule has 0 unspecified atom stereocenters. The Labute approximate surface area is 112 Å². The van der Waals surface area contributed by atoms with Crippen LogP contribution >= 0.6 is 0 Å². The number of ether oxygens (including phenoxy) is 1. The van der Waals surface area contributed by atoms with E-state index in [1.54, 1.807) is 0 Å². The summed E-state index contributed by atoms with van der Waals surface area (Å²) in [5.74, 6) is -0.391. The van der Waals surface area contributed by atoms with Gasteiger partial charge < -0.3 is 15.4 Å². The zero-order valence-electron chi connectivity index (χ0n) is 11.2. The van der Waals surface area contributed by atoms with Gasteiger partial charge in [-0.2, -0.15) is 0 Å². The molecule has 3 amide bonds. The molecule has 0 aliphatic rings. The second-order valence-electron chi connectivity index (χ2n) is 3.97. The fourth-order valence-corrected chi connectivity index (χ4v) is 1.43. The van der Waals surface area contributed by atoms with E-state index in [9.17, 15) is 9.59 Å². The standard InChI is InChI=1S/C13H19N3O3/c1-10-5-3-4-6-11(10)15-9-12(17)16-13(18)14-7-8-19-2/h3-6,15H,7-9H2,1-2H3,(H2,14,16,17,18). The van der Waals surface area contributed by atoms with Gasteiger partial charge in [0.15, 0.2) is 0 Å². The van der Waals surface area contributed by atoms with Crippen LogP contribution in [0.3, 0.4) is 0 Å². The Morgan fingerprint density at radius 3 is 2.68 bits per heavy atom. The minimum Gasteiger partial charge on any atom is -0.383 e. The Morgan fingerprint density at radius 1 is 1.26 bits per heavy atom. The van der Waals surface area contributed by atoms with Crippen LogP contribution in [0.2, 0.25) is 0 Å². The molecule has 0 fully saturated rings. The van der Waals surface area contributed by atoms with Crippen molar-refractivity contribution >= 4 is 17.6 Å². The summed E-state index contributed by atoms with van der Waals surface area (Å²) in [7, 11) is 1.54. The van der Waals surface area contributed by atoms with Crippen LogP contribution in [0, 0.1) is 6.92 Å². The molecule has 19 heavy (non-hydrogen) atoms. The molecule has 3 N–H and O–H groups in total. The summed E-state index contributed by atoms with van der Waals surface area (Å²) < 4.78 is 4.78. The molecule has 0 bridgehead atoms. The first-order valence-electron chi connectivity index (χ1n) is 5.99. The van der Waals surface area contributed by atoms with Crippen molar-refractivity contribution in [3.8, 4) is 0 Å². The van der Waals surface area contributed by atoms with Crippen molar-refractivity contribution in [2.24, 2.45) is 0 Å². The van der Waals surface area contributed by atoms with Gasteiger partial charge in [-0.05, 0) is 18.6 Å². The quantitative estimate of drug-likeness (QED) is 0.667. The Morgan fingerprint density at radius 2 is 2.00 bits per heavy atom. The van der Waals surface area contributed by atoms with Gasteiger partial charge in [0, 0.05) is 19.3 Å². The van der Waals surface area contributed by atoms with Crippen molar-refractivity contribution in [1.82, 2.24) is 10.6 Å². The molecule has 6 heteroatoms. The highest BCUT2D eigenvalue weighted by Crippen LogP contribution is 2.12. The number of carbonyl (C=O) groups excluding carboxylic acids is 2. The predicted octanol–water partition coefficient (Wildman–Crippen LogP) is 0.879. The smallest absolute Gasteiger partial charge is 0.321 e. The average molecular weight is 265 g/mol. The fraction of sp³-hybridized carbons (Fsp3) is 0.385. The van der Waals surface area contributed by atoms with E-state index in [2.05, 4.69) is 16.0 Å². The minimum absolute atomic E-state index is 0.0442. The molecule has 0 atom stereocenters. The lowest BCUT2D eigenvalue weighted by atomic mass is 10.2. The second-order valence-corrected chi connectivity index (χ2v) is 3.97. The van der Waals surface area contributed by atoms with Gasteiger partial charge in [0.25, 0.3) is 0 Å². The average Bonchev–Trinajstić information content (AvgIpc) is 2.38. The topological polar surface area (TPSA) is 79.5 Å². The number of hydrogen-bond donors (Lipinski definition) is 3. The Balaban J connectivity index is 2.28. The van der Waals surface area contributed by atoms with E-state index in [0.29, 0.717) is 13.2 Å². The van der Waals surface area contributed by atoms with Gasteiger partial charge >= 0.3 is 6.03 Å². The van der Waals surface area contributed by atoms with Crippen LogP contribution in [0.5, 0.6) is 0 Å². The van der Waals surface area contributed by atoms with Crippen LogP contribution in [-0.2, 0) is 9.53 Å². The van der Waals surface area contributed by atoms with Crippen LogP contribution in [0.4, 0.5) is 10.5 Å². The third-order valence-electron chi connectivity index (χ3n) is 2.43. The highest BCUT2D eigenvalue weighted by atomic mass is 16.5. The summed E-state index contributed by atoms with van der Waals surface area (Å²) >= 11 is 0. The van der Waals surface area contributed by atoms with Crippen molar-refractivity contribution in [3.05, 3.63) is 29.8 Å². The molecule has 1 aromatic rings. The van der Waals surface area contributed by atoms with Gasteiger partial charge in [-0.25, -0.2) is 4.79 Å². The van der Waals surface area contributed by atoms with Crippen LogP contribution in [0.25, 0.3) is 0 Å². The molecule has 0 aliphatic carbocycles. The summed E-state index contributed by atoms with van der Waals surface area (Å²) in [6.07, 6.45) is 0. The first-order valence-corrected chi connectivity index (χ1v) is 5.99. The molecule has 0 aliphatic heterocycles. The first-order chi connectivity index (χ1) is 9.13. The lowest BCUT2D eigenvalue weighted by molar-refractivity contribution is -0.118. The fourth-order valence-electron chi connectivity index (χ4n) is 1.43. The maximum Gasteiger partial charge on any atom is 0.321 e. The molecule has 0 heterocycles. The van der Waals surface area contributed by atoms with Gasteiger partial charge in [0.1, 0.15) is 0 Å². The maximum absolute atomic E-state index is 11.5. The maximum atomic E-state index is 11.5. The largest absolute Gasteiger partial charge is 0.383 e. The van der Waals surface area contributed by atoms with Crippen molar-refractivity contribution in [3.63, 3.8) is 0 Å². The molecule has 0 spiro atoms. The SMILES string of the molecule is COCCNC(=O)NC(=O)CNc1ccccc1C. The summed E-state index contributed by atoms with van der Waals surface area (Å²) in [6, 6.07) is 7.10. The lowest BCUT2D eigenvalue weighted by Crippen LogP contribution is -2.43. The molecule has 0 aromatic heterocycles. The highest BCUT2D eigenvalue weighted by molar-refractivity contribution is 5.96. The van der Waals surface area contributed by atoms with E-state index in [1.807, 2.05) is 31.2 Å². The van der Waals surface area contributed by atoms with Gasteiger partial charge in [0.2, 0.25) is 5.91 Å². The zero-order valence-corrected chi connectivity index (χ0v) is 11.2. The van der Waals surface area contributed by atoms with E-state index < -0.39 is 11.9 Å². The zero-order chi connectivity index (χ0) is 14.1. The van der Waals surface area contributed by atoms with Crippen LogP contribution in [0.1, 0.15) is 5.56 Å². The van der Waals surface area contributed by atoms with E-state index >= 15 is 0 Å². The van der Waals surface area contributed by atoms with Crippen LogP contribution < -0.4 is 16.0 Å². The molecular weight excluding hydrogens is 246 g/mol. The number of benzene rings is 1. The molecule has 0 saturated carbocycles. The van der Waals surface area contributed by atoms with Crippen LogP contribution in [-0.4, -0.2) is 38.7 Å². The predicted molar refractivity (Wildman–Crippen MR) is 73.1 cm³/mol. The number of para-hydroxylation sites is 1. The third kappa shape index (κ3) is 5.87. The minimum atomic E-state index is -0.520. The molecule has 6 nitrogen and oxygen atoms in total. The van der Waals surface area contributed by atoms with Crippen molar-refractivity contribution in [2.75, 3.05) is 32.1 Å². The second kappa shape index (κ2) is 8.10. The number of rotatable bonds is 6. The lowest BCUT2D eigenvalue weighted by Gasteiger charge is -2.09. The summed E-state index contributed by atoms with van der Waals surface area (Å²) in [5.41, 5.74) is 1.91. The number of anilines is 1. The molecule has 1 rings (SSSR count). The van der Waals surface area contributed by atoms with Crippen LogP contribution in [0.15, 0.2) is 24.3 Å². The normalized spacial score (nSPS) is 9.79. The summed E-state index contributed by atoms with van der Waals surface area (Å²) in [6.45, 7) is 2.75. The molecule has 104 valence electrons. The van der Waals surface area contributed by atoms with Crippen molar-refractivity contribution < 1.29 is 14.3 Å². The van der Waals surface area contributed by atoms with Crippen molar-refractivity contribution in [1.29, 1.82) is 0 Å². The van der Waals surface area contributed by atoms with Gasteiger partial charge in [-0.15, -0.1) is 0 Å². The summed E-state index contributed by atoms with van der Waals surface area (Å²) in [4.78, 5) is 22.8. The number of hydrogen-bond acceptors (Lipinski definition) is 4. The highest BCUT2D eigenvalue weighted by Gasteiger charge is 2.07. The van der Waals surface area contributed by atoms with E-state index in [1.165, 1.54) is 7.11 Å². The number of methoxy groups -OCH3 is 1. The Kier molecular flexibility index (Phi) is 6.38. The van der Waals surface area contributed by atoms with E-state index in [4.69, 9.17) is 4.74 Å². The molecule has 1 aromatic carbocycles. The van der Waals surface area contributed by atoms with Gasteiger partial charge in [0.05, 0.1) is 13.2 Å². The van der Waals surface area contributed by atoms with E-state index in [-0.39, 0.29) is 6.54 Å². The number of carbonyl (C=O) groups is 2. The number of aryl methyl sites for hydroxylation is 1. The first kappa shape index (κ1) is 15.0. The number of imide groups is 1. The third-order valence-corrected chi connectivity index (χ3v) is 2.43. The van der Waals surface area contributed by atoms with Gasteiger partial charge in [-0.1, -0.05) is 18.2 Å². The number of nitrogens with one attached hydrogen (secondary N) is 3. The Bertz CT molecular complexity index is 435. The monoisotopic (exact) mass is 265 g/mol. The number of urea groups is 1.